The molecule has 5 nitrogen and oxygen atoms in total. The molecule has 0 unspecified atom stereocenters. The summed E-state index contributed by atoms with van der Waals surface area (Å²) in [5.74, 6) is 0.0969. The highest BCUT2D eigenvalue weighted by Crippen LogP contribution is 2.31. The van der Waals surface area contributed by atoms with Crippen molar-refractivity contribution in [2.24, 2.45) is 0 Å². The van der Waals surface area contributed by atoms with Crippen LogP contribution in [0.3, 0.4) is 0 Å². The predicted octanol–water partition coefficient (Wildman–Crippen LogP) is 1.08. The van der Waals surface area contributed by atoms with Crippen LogP contribution in [0, 0.1) is 0 Å². The highest BCUT2D eigenvalue weighted by Gasteiger charge is 2.41. The molecule has 23 heavy (non-hydrogen) atoms. The number of rotatable bonds is 6. The molecule has 0 amide bonds. The standard InChI is InChI=1S/C17H20N2O3S/c20-12-16-17(13-7-3-1-4-8-13)15(19-16)11-18-23(21,22)14-9-5-2-6-10-14/h1-10,15-20H,11-12H2/t15-,16-,17+/m1/s1. The topological polar surface area (TPSA) is 78.4 Å². The molecule has 2 aromatic carbocycles. The minimum Gasteiger partial charge on any atom is -0.395 e. The summed E-state index contributed by atoms with van der Waals surface area (Å²) in [6, 6.07) is 18.1. The third kappa shape index (κ3) is 3.45. The van der Waals surface area contributed by atoms with Gasteiger partial charge in [0.05, 0.1) is 11.5 Å². The first-order chi connectivity index (χ1) is 11.1. The van der Waals surface area contributed by atoms with Gasteiger partial charge in [-0.3, -0.25) is 0 Å². The molecule has 0 radical (unpaired) electrons. The zero-order valence-electron chi connectivity index (χ0n) is 12.6. The Morgan fingerprint density at radius 2 is 1.57 bits per heavy atom. The first-order valence-electron chi connectivity index (χ1n) is 7.58. The third-order valence-corrected chi connectivity index (χ3v) is 5.66. The number of hydrogen-bond donors (Lipinski definition) is 3. The maximum absolute atomic E-state index is 12.3. The second kappa shape index (κ2) is 6.80. The van der Waals surface area contributed by atoms with Crippen molar-refractivity contribution in [3.05, 3.63) is 66.2 Å². The SMILES string of the molecule is O=S(=O)(NC[C@H]1N[C@H](CO)[C@H]1c1ccccc1)c1ccccc1. The molecule has 1 fully saturated rings. The van der Waals surface area contributed by atoms with E-state index in [4.69, 9.17) is 0 Å². The number of nitrogens with one attached hydrogen (secondary N) is 2. The summed E-state index contributed by atoms with van der Waals surface area (Å²) in [7, 11) is -3.51. The Labute approximate surface area is 136 Å². The molecule has 1 saturated heterocycles. The highest BCUT2D eigenvalue weighted by molar-refractivity contribution is 7.89. The van der Waals surface area contributed by atoms with Gasteiger partial charge in [0.25, 0.3) is 0 Å². The molecule has 3 N–H and O–H groups in total. The summed E-state index contributed by atoms with van der Waals surface area (Å²) in [4.78, 5) is 0.259. The number of aliphatic hydroxyl groups excluding tert-OH is 1. The lowest BCUT2D eigenvalue weighted by atomic mass is 9.78. The summed E-state index contributed by atoms with van der Waals surface area (Å²) in [5.41, 5.74) is 1.11. The van der Waals surface area contributed by atoms with E-state index in [2.05, 4.69) is 10.0 Å². The Kier molecular flexibility index (Phi) is 4.77. The minimum atomic E-state index is -3.51. The van der Waals surface area contributed by atoms with E-state index in [-0.39, 0.29) is 36.0 Å². The van der Waals surface area contributed by atoms with E-state index >= 15 is 0 Å². The van der Waals surface area contributed by atoms with Gasteiger partial charge in [-0.2, -0.15) is 0 Å². The van der Waals surface area contributed by atoms with Gasteiger partial charge in [0.2, 0.25) is 10.0 Å². The van der Waals surface area contributed by atoms with E-state index in [0.717, 1.165) is 5.56 Å². The van der Waals surface area contributed by atoms with Crippen LogP contribution in [-0.2, 0) is 10.0 Å². The van der Waals surface area contributed by atoms with E-state index in [1.54, 1.807) is 30.3 Å². The Balaban J connectivity index is 1.69. The first-order valence-corrected chi connectivity index (χ1v) is 9.07. The Morgan fingerprint density at radius 1 is 0.957 bits per heavy atom. The number of hydrogen-bond acceptors (Lipinski definition) is 4. The molecule has 1 aliphatic rings. The van der Waals surface area contributed by atoms with Gasteiger partial charge in [-0.1, -0.05) is 48.5 Å². The van der Waals surface area contributed by atoms with Crippen LogP contribution in [0.25, 0.3) is 0 Å². The van der Waals surface area contributed by atoms with Crippen molar-refractivity contribution in [1.82, 2.24) is 10.0 Å². The van der Waals surface area contributed by atoms with Gasteiger partial charge in [-0.05, 0) is 17.7 Å². The minimum absolute atomic E-state index is 0.0293. The van der Waals surface area contributed by atoms with Crippen LogP contribution in [-0.4, -0.2) is 38.8 Å². The lowest BCUT2D eigenvalue weighted by Gasteiger charge is -2.46. The molecule has 0 saturated carbocycles. The lowest BCUT2D eigenvalue weighted by Crippen LogP contribution is -2.64. The van der Waals surface area contributed by atoms with Crippen molar-refractivity contribution in [3.8, 4) is 0 Å². The fourth-order valence-corrected chi connectivity index (χ4v) is 4.10. The maximum Gasteiger partial charge on any atom is 0.240 e. The van der Waals surface area contributed by atoms with Gasteiger partial charge < -0.3 is 10.4 Å². The van der Waals surface area contributed by atoms with E-state index in [1.807, 2.05) is 30.3 Å². The van der Waals surface area contributed by atoms with Crippen LogP contribution in [0.4, 0.5) is 0 Å². The molecular formula is C17H20N2O3S. The molecule has 1 heterocycles. The van der Waals surface area contributed by atoms with Crippen LogP contribution in [0.1, 0.15) is 11.5 Å². The molecule has 3 atom stereocenters. The van der Waals surface area contributed by atoms with Crippen LogP contribution in [0.2, 0.25) is 0 Å². The Hall–Kier alpha value is -1.73. The van der Waals surface area contributed by atoms with E-state index in [0.29, 0.717) is 0 Å². The fourth-order valence-electron chi connectivity index (χ4n) is 3.02. The predicted molar refractivity (Wildman–Crippen MR) is 88.6 cm³/mol. The van der Waals surface area contributed by atoms with Gasteiger partial charge >= 0.3 is 0 Å². The summed E-state index contributed by atoms with van der Waals surface area (Å²) in [6.07, 6.45) is 0. The molecule has 2 aromatic rings. The zero-order chi connectivity index (χ0) is 16.3. The van der Waals surface area contributed by atoms with E-state index in [9.17, 15) is 13.5 Å². The molecule has 0 spiro atoms. The molecule has 1 aliphatic heterocycles. The smallest absolute Gasteiger partial charge is 0.240 e. The number of benzene rings is 2. The molecule has 3 rings (SSSR count). The lowest BCUT2D eigenvalue weighted by molar-refractivity contribution is 0.129. The molecule has 0 bridgehead atoms. The second-order valence-corrected chi connectivity index (χ2v) is 7.43. The van der Waals surface area contributed by atoms with Crippen LogP contribution < -0.4 is 10.0 Å². The normalized spacial score (nSPS) is 24.1. The average molecular weight is 332 g/mol. The van der Waals surface area contributed by atoms with Crippen LogP contribution in [0.5, 0.6) is 0 Å². The number of sulfonamides is 1. The van der Waals surface area contributed by atoms with Gasteiger partial charge in [0.15, 0.2) is 0 Å². The van der Waals surface area contributed by atoms with Crippen molar-refractivity contribution >= 4 is 10.0 Å². The largest absolute Gasteiger partial charge is 0.395 e. The van der Waals surface area contributed by atoms with Crippen LogP contribution >= 0.6 is 0 Å². The molecule has 6 heteroatoms. The number of aliphatic hydroxyl groups is 1. The summed E-state index contributed by atoms with van der Waals surface area (Å²) < 4.78 is 27.2. The first kappa shape index (κ1) is 16.1. The van der Waals surface area contributed by atoms with Crippen molar-refractivity contribution in [2.45, 2.75) is 22.9 Å². The quantitative estimate of drug-likeness (QED) is 0.740. The zero-order valence-corrected chi connectivity index (χ0v) is 13.4. The van der Waals surface area contributed by atoms with Gasteiger partial charge in [-0.25, -0.2) is 13.1 Å². The van der Waals surface area contributed by atoms with Crippen molar-refractivity contribution < 1.29 is 13.5 Å². The highest BCUT2D eigenvalue weighted by atomic mass is 32.2. The van der Waals surface area contributed by atoms with E-state index in [1.165, 1.54) is 0 Å². The monoisotopic (exact) mass is 332 g/mol. The van der Waals surface area contributed by atoms with Gasteiger partial charge in [0.1, 0.15) is 0 Å². The summed E-state index contributed by atoms with van der Waals surface area (Å²) in [5, 5.41) is 12.7. The van der Waals surface area contributed by atoms with Crippen molar-refractivity contribution in [1.29, 1.82) is 0 Å². The Bertz CT molecular complexity index is 735. The third-order valence-electron chi connectivity index (χ3n) is 4.22. The second-order valence-electron chi connectivity index (χ2n) is 5.66. The summed E-state index contributed by atoms with van der Waals surface area (Å²) >= 11 is 0. The van der Waals surface area contributed by atoms with E-state index < -0.39 is 10.0 Å². The average Bonchev–Trinajstić information content (AvgIpc) is 2.56. The van der Waals surface area contributed by atoms with Gasteiger partial charge in [0, 0.05) is 24.5 Å². The maximum atomic E-state index is 12.3. The molecular weight excluding hydrogens is 312 g/mol. The van der Waals surface area contributed by atoms with Crippen LogP contribution in [0.15, 0.2) is 65.6 Å². The van der Waals surface area contributed by atoms with Crippen molar-refractivity contribution in [3.63, 3.8) is 0 Å². The van der Waals surface area contributed by atoms with Crippen molar-refractivity contribution in [2.75, 3.05) is 13.2 Å². The molecule has 0 aliphatic carbocycles. The summed E-state index contributed by atoms with van der Waals surface area (Å²) in [6.45, 7) is 0.314. The molecule has 0 aromatic heterocycles. The molecule has 122 valence electrons. The van der Waals surface area contributed by atoms with Gasteiger partial charge in [-0.15, -0.1) is 0 Å². The Morgan fingerprint density at radius 3 is 2.17 bits per heavy atom. The fraction of sp³-hybridized carbons (Fsp3) is 0.294.